The van der Waals surface area contributed by atoms with Gasteiger partial charge in [-0.15, -0.1) is 0 Å². The molecule has 26 heavy (non-hydrogen) atoms. The molecule has 0 unspecified atom stereocenters. The number of hydrogen-bond donors (Lipinski definition) is 1. The van der Waals surface area contributed by atoms with Crippen molar-refractivity contribution in [3.8, 4) is 0 Å². The van der Waals surface area contributed by atoms with Crippen molar-refractivity contribution in [1.82, 2.24) is 10.2 Å². The number of amides is 2. The highest BCUT2D eigenvalue weighted by Gasteiger charge is 2.32. The summed E-state index contributed by atoms with van der Waals surface area (Å²) in [6.45, 7) is 8.42. The topological polar surface area (TPSA) is 52.7 Å². The van der Waals surface area contributed by atoms with Crippen molar-refractivity contribution in [3.05, 3.63) is 40.5 Å². The van der Waals surface area contributed by atoms with Gasteiger partial charge in [-0.2, -0.15) is 0 Å². The van der Waals surface area contributed by atoms with Crippen molar-refractivity contribution < 1.29 is 9.59 Å². The molecule has 0 aromatic heterocycles. The summed E-state index contributed by atoms with van der Waals surface area (Å²) in [5.74, 6) is -0.845. The van der Waals surface area contributed by atoms with Crippen LogP contribution in [0.25, 0.3) is 11.6 Å². The standard InChI is InChI=1S/C20H23N3O2S/c1-11-7-16-14(12(2)10-20(3,4)23(16)6)8-13(11)9-15-17(24)21-19(26)22(5)18(15)25/h7-10H,1-6H3,(H,21,24,26)/b15-9+. The van der Waals surface area contributed by atoms with Gasteiger partial charge >= 0.3 is 0 Å². The minimum atomic E-state index is -0.458. The molecule has 1 saturated heterocycles. The molecule has 2 aliphatic rings. The molecule has 0 spiro atoms. The Morgan fingerprint density at radius 1 is 1.15 bits per heavy atom. The summed E-state index contributed by atoms with van der Waals surface area (Å²) in [6.07, 6.45) is 3.88. The van der Waals surface area contributed by atoms with Crippen LogP contribution in [0.4, 0.5) is 5.69 Å². The van der Waals surface area contributed by atoms with Gasteiger partial charge in [-0.3, -0.25) is 19.8 Å². The number of benzene rings is 1. The molecule has 1 aromatic carbocycles. The minimum Gasteiger partial charge on any atom is -0.365 e. The van der Waals surface area contributed by atoms with Crippen molar-refractivity contribution in [3.63, 3.8) is 0 Å². The maximum absolute atomic E-state index is 12.4. The zero-order chi connectivity index (χ0) is 19.4. The van der Waals surface area contributed by atoms with Crippen LogP contribution in [0.3, 0.4) is 0 Å². The van der Waals surface area contributed by atoms with Crippen molar-refractivity contribution in [2.75, 3.05) is 19.0 Å². The second-order valence-electron chi connectivity index (χ2n) is 7.45. The molecular formula is C20H23N3O2S. The van der Waals surface area contributed by atoms with E-state index in [2.05, 4.69) is 50.2 Å². The Morgan fingerprint density at radius 3 is 2.46 bits per heavy atom. The highest BCUT2D eigenvalue weighted by Crippen LogP contribution is 2.39. The molecule has 1 aromatic rings. The van der Waals surface area contributed by atoms with E-state index in [0.717, 1.165) is 22.4 Å². The first-order valence-corrected chi connectivity index (χ1v) is 8.87. The normalized spacial score (nSPS) is 20.9. The molecule has 2 heterocycles. The maximum atomic E-state index is 12.4. The van der Waals surface area contributed by atoms with Gasteiger partial charge in [0.25, 0.3) is 11.8 Å². The third-order valence-electron chi connectivity index (χ3n) is 5.21. The lowest BCUT2D eigenvalue weighted by atomic mass is 9.87. The Morgan fingerprint density at radius 2 is 1.81 bits per heavy atom. The summed E-state index contributed by atoms with van der Waals surface area (Å²) in [6, 6.07) is 4.16. The molecule has 1 N–H and O–H groups in total. The van der Waals surface area contributed by atoms with Gasteiger partial charge in [0.05, 0.1) is 5.54 Å². The molecule has 5 nitrogen and oxygen atoms in total. The van der Waals surface area contributed by atoms with E-state index in [4.69, 9.17) is 12.2 Å². The summed E-state index contributed by atoms with van der Waals surface area (Å²) in [5.41, 5.74) is 5.32. The Labute approximate surface area is 159 Å². The van der Waals surface area contributed by atoms with Crippen LogP contribution in [-0.4, -0.2) is 41.5 Å². The molecular weight excluding hydrogens is 346 g/mol. The molecule has 0 bridgehead atoms. The van der Waals surface area contributed by atoms with Crippen molar-refractivity contribution in [1.29, 1.82) is 0 Å². The number of nitrogens with zero attached hydrogens (tertiary/aromatic N) is 2. The monoisotopic (exact) mass is 369 g/mol. The predicted molar refractivity (Wildman–Crippen MR) is 109 cm³/mol. The number of nitrogens with one attached hydrogen (secondary N) is 1. The van der Waals surface area contributed by atoms with Gasteiger partial charge in [0.2, 0.25) is 0 Å². The molecule has 1 fully saturated rings. The largest absolute Gasteiger partial charge is 0.365 e. The molecule has 0 aliphatic carbocycles. The van der Waals surface area contributed by atoms with Crippen molar-refractivity contribution in [2.45, 2.75) is 33.2 Å². The number of carbonyl (C=O) groups excluding carboxylic acids is 2. The van der Waals surface area contributed by atoms with E-state index in [0.29, 0.717) is 0 Å². The van der Waals surface area contributed by atoms with Gasteiger partial charge in [-0.05, 0) is 74.8 Å². The smallest absolute Gasteiger partial charge is 0.265 e. The van der Waals surface area contributed by atoms with Crippen molar-refractivity contribution in [2.24, 2.45) is 0 Å². The number of likely N-dealkylation sites (N-methyl/N-ethyl adjacent to an activating group) is 2. The highest BCUT2D eigenvalue weighted by atomic mass is 32.1. The number of aryl methyl sites for hydroxylation is 1. The van der Waals surface area contributed by atoms with E-state index in [-0.39, 0.29) is 22.1 Å². The minimum absolute atomic E-state index is 0.0683. The van der Waals surface area contributed by atoms with E-state index in [9.17, 15) is 9.59 Å². The lowest BCUT2D eigenvalue weighted by Gasteiger charge is -2.41. The quantitative estimate of drug-likeness (QED) is 0.470. The van der Waals surface area contributed by atoms with Crippen LogP contribution < -0.4 is 10.2 Å². The van der Waals surface area contributed by atoms with Crippen LogP contribution in [0.2, 0.25) is 0 Å². The van der Waals surface area contributed by atoms with Crippen molar-refractivity contribution >= 4 is 46.5 Å². The number of fused-ring (bicyclic) bond motifs is 1. The Hall–Kier alpha value is -2.47. The molecule has 136 valence electrons. The summed E-state index contributed by atoms with van der Waals surface area (Å²) >= 11 is 4.99. The Balaban J connectivity index is 2.12. The van der Waals surface area contributed by atoms with E-state index >= 15 is 0 Å². The van der Waals surface area contributed by atoms with Gasteiger partial charge in [0.15, 0.2) is 5.11 Å². The molecule has 6 heteroatoms. The second kappa shape index (κ2) is 6.06. The summed E-state index contributed by atoms with van der Waals surface area (Å²) in [7, 11) is 3.63. The van der Waals surface area contributed by atoms with Gasteiger partial charge in [-0.25, -0.2) is 0 Å². The number of hydrogen-bond acceptors (Lipinski definition) is 4. The fourth-order valence-corrected chi connectivity index (χ4v) is 3.55. The fourth-order valence-electron chi connectivity index (χ4n) is 3.37. The summed E-state index contributed by atoms with van der Waals surface area (Å²) < 4.78 is 0. The zero-order valence-corrected chi connectivity index (χ0v) is 16.7. The predicted octanol–water partition coefficient (Wildman–Crippen LogP) is 2.88. The van der Waals surface area contributed by atoms with Crippen LogP contribution >= 0.6 is 12.2 Å². The average molecular weight is 369 g/mol. The number of allylic oxidation sites excluding steroid dienone is 1. The molecule has 3 rings (SSSR count). The SMILES string of the molecule is CC1=CC(C)(C)N(C)c2cc(C)c(/C=C3\C(=O)NC(=S)N(C)C3=O)cc21. The van der Waals surface area contributed by atoms with Crippen LogP contribution in [0.15, 0.2) is 23.8 Å². The Kier molecular flexibility index (Phi) is 4.27. The molecule has 0 saturated carbocycles. The van der Waals surface area contributed by atoms with Crippen LogP contribution in [0.1, 0.15) is 37.5 Å². The maximum Gasteiger partial charge on any atom is 0.265 e. The number of carbonyl (C=O) groups is 2. The zero-order valence-electron chi connectivity index (χ0n) is 15.9. The molecule has 2 amide bonds. The van der Waals surface area contributed by atoms with E-state index in [1.807, 2.05) is 13.0 Å². The van der Waals surface area contributed by atoms with Gasteiger partial charge in [-0.1, -0.05) is 6.08 Å². The van der Waals surface area contributed by atoms with Gasteiger partial charge < -0.3 is 4.90 Å². The summed E-state index contributed by atoms with van der Waals surface area (Å²) in [5, 5.41) is 2.67. The molecule has 0 radical (unpaired) electrons. The first kappa shape index (κ1) is 18.3. The number of anilines is 1. The third-order valence-corrected chi connectivity index (χ3v) is 5.59. The van der Waals surface area contributed by atoms with Crippen LogP contribution in [0.5, 0.6) is 0 Å². The highest BCUT2D eigenvalue weighted by molar-refractivity contribution is 7.80. The van der Waals surface area contributed by atoms with Crippen LogP contribution in [0, 0.1) is 6.92 Å². The molecule has 0 atom stereocenters. The summed E-state index contributed by atoms with van der Waals surface area (Å²) in [4.78, 5) is 28.2. The average Bonchev–Trinajstić information content (AvgIpc) is 2.55. The molecule has 2 aliphatic heterocycles. The first-order valence-electron chi connectivity index (χ1n) is 8.46. The van der Waals surface area contributed by atoms with Gasteiger partial charge in [0.1, 0.15) is 5.57 Å². The van der Waals surface area contributed by atoms with Crippen LogP contribution in [-0.2, 0) is 9.59 Å². The number of thiocarbonyl (C=S) groups is 1. The lowest BCUT2D eigenvalue weighted by Crippen LogP contribution is -2.52. The second-order valence-corrected chi connectivity index (χ2v) is 7.83. The van der Waals surface area contributed by atoms with Gasteiger partial charge in [0, 0.05) is 25.3 Å². The van der Waals surface area contributed by atoms with E-state index in [1.165, 1.54) is 10.5 Å². The Bertz CT molecular complexity index is 912. The van der Waals surface area contributed by atoms with E-state index in [1.54, 1.807) is 13.1 Å². The fraction of sp³-hybridized carbons (Fsp3) is 0.350. The third kappa shape index (κ3) is 2.84. The first-order chi connectivity index (χ1) is 12.0. The van der Waals surface area contributed by atoms with E-state index < -0.39 is 5.91 Å². The number of rotatable bonds is 1. The lowest BCUT2D eigenvalue weighted by molar-refractivity contribution is -0.128.